The van der Waals surface area contributed by atoms with Gasteiger partial charge in [0.2, 0.25) is 0 Å². The highest BCUT2D eigenvalue weighted by Crippen LogP contribution is 2.12. The van der Waals surface area contributed by atoms with Crippen LogP contribution in [0.2, 0.25) is 0 Å². The third-order valence-corrected chi connectivity index (χ3v) is 3.68. The second-order valence-corrected chi connectivity index (χ2v) is 5.38. The zero-order chi connectivity index (χ0) is 15.2. The Labute approximate surface area is 129 Å². The van der Waals surface area contributed by atoms with Gasteiger partial charge in [0.05, 0.1) is 5.56 Å². The smallest absolute Gasteiger partial charge is 0.253 e. The molecular weight excluding hydrogens is 278 g/mol. The van der Waals surface area contributed by atoms with E-state index in [1.54, 1.807) is 24.5 Å². The van der Waals surface area contributed by atoms with Crippen LogP contribution in [0.15, 0.2) is 54.9 Å². The van der Waals surface area contributed by atoms with E-state index in [1.807, 2.05) is 30.3 Å². The van der Waals surface area contributed by atoms with Crippen molar-refractivity contribution < 1.29 is 9.53 Å². The fourth-order valence-electron chi connectivity index (χ4n) is 2.54. The van der Waals surface area contributed by atoms with Gasteiger partial charge in [0.1, 0.15) is 12.4 Å². The van der Waals surface area contributed by atoms with Gasteiger partial charge in [0, 0.05) is 31.0 Å². The van der Waals surface area contributed by atoms with E-state index in [0.29, 0.717) is 12.2 Å². The number of hydrogen-bond donors (Lipinski definition) is 2. The standard InChI is InChI=1S/C17H19N3O2/c21-17(13-5-4-8-18-10-13)20-14-9-15(19-11-14)12-22-16-6-2-1-3-7-16/h1-8,10,14-15,19H,9,11-12H2,(H,20,21)/t14-,15+/m1/s1. The Bertz CT molecular complexity index is 604. The average molecular weight is 297 g/mol. The molecular formula is C17H19N3O2. The van der Waals surface area contributed by atoms with Gasteiger partial charge in [0.25, 0.3) is 5.91 Å². The Morgan fingerprint density at radius 2 is 2.14 bits per heavy atom. The molecule has 114 valence electrons. The van der Waals surface area contributed by atoms with E-state index in [9.17, 15) is 4.79 Å². The second kappa shape index (κ2) is 7.04. The first-order valence-corrected chi connectivity index (χ1v) is 7.43. The van der Waals surface area contributed by atoms with E-state index in [1.165, 1.54) is 0 Å². The predicted molar refractivity (Wildman–Crippen MR) is 83.8 cm³/mol. The Balaban J connectivity index is 1.45. The predicted octanol–water partition coefficient (Wildman–Crippen LogP) is 1.62. The fourth-order valence-corrected chi connectivity index (χ4v) is 2.54. The summed E-state index contributed by atoms with van der Waals surface area (Å²) in [6.45, 7) is 1.36. The number of ether oxygens (including phenoxy) is 1. The lowest BCUT2D eigenvalue weighted by Crippen LogP contribution is -2.36. The van der Waals surface area contributed by atoms with Crippen LogP contribution in [0, 0.1) is 0 Å². The summed E-state index contributed by atoms with van der Waals surface area (Å²) in [7, 11) is 0. The summed E-state index contributed by atoms with van der Waals surface area (Å²) in [4.78, 5) is 16.0. The van der Waals surface area contributed by atoms with Crippen LogP contribution in [0.25, 0.3) is 0 Å². The fraction of sp³-hybridized carbons (Fsp3) is 0.294. The van der Waals surface area contributed by atoms with Crippen molar-refractivity contribution in [2.45, 2.75) is 18.5 Å². The zero-order valence-corrected chi connectivity index (χ0v) is 12.2. The SMILES string of the molecule is O=C(N[C@H]1CN[C@H](COc2ccccc2)C1)c1cccnc1. The lowest BCUT2D eigenvalue weighted by Gasteiger charge is -2.13. The second-order valence-electron chi connectivity index (χ2n) is 5.38. The molecule has 1 aromatic heterocycles. The van der Waals surface area contributed by atoms with Crippen LogP contribution in [0.3, 0.4) is 0 Å². The van der Waals surface area contributed by atoms with E-state index < -0.39 is 0 Å². The topological polar surface area (TPSA) is 63.2 Å². The third kappa shape index (κ3) is 3.83. The van der Waals surface area contributed by atoms with Gasteiger partial charge < -0.3 is 15.4 Å². The highest BCUT2D eigenvalue weighted by Gasteiger charge is 2.26. The number of nitrogens with zero attached hydrogens (tertiary/aromatic N) is 1. The number of nitrogens with one attached hydrogen (secondary N) is 2. The maximum atomic E-state index is 12.1. The van der Waals surface area contributed by atoms with Crippen LogP contribution < -0.4 is 15.4 Å². The van der Waals surface area contributed by atoms with E-state index in [4.69, 9.17) is 4.74 Å². The van der Waals surface area contributed by atoms with Gasteiger partial charge in [0.15, 0.2) is 0 Å². The summed E-state index contributed by atoms with van der Waals surface area (Å²) in [6, 6.07) is 13.6. The molecule has 1 aliphatic heterocycles. The molecule has 22 heavy (non-hydrogen) atoms. The van der Waals surface area contributed by atoms with Crippen LogP contribution in [-0.2, 0) is 0 Å². The summed E-state index contributed by atoms with van der Waals surface area (Å²) < 4.78 is 5.74. The van der Waals surface area contributed by atoms with Crippen molar-refractivity contribution >= 4 is 5.91 Å². The van der Waals surface area contributed by atoms with Gasteiger partial charge in [-0.05, 0) is 30.7 Å². The normalized spacial score (nSPS) is 20.5. The molecule has 1 aliphatic rings. The van der Waals surface area contributed by atoms with Crippen LogP contribution in [-0.4, -0.2) is 36.1 Å². The van der Waals surface area contributed by atoms with Gasteiger partial charge in [-0.1, -0.05) is 18.2 Å². The number of carbonyl (C=O) groups excluding carboxylic acids is 1. The highest BCUT2D eigenvalue weighted by molar-refractivity contribution is 5.94. The van der Waals surface area contributed by atoms with Crippen LogP contribution >= 0.6 is 0 Å². The quantitative estimate of drug-likeness (QED) is 0.880. The van der Waals surface area contributed by atoms with Crippen molar-refractivity contribution in [3.8, 4) is 5.75 Å². The Kier molecular flexibility index (Phi) is 4.65. The van der Waals surface area contributed by atoms with Crippen molar-refractivity contribution in [2.75, 3.05) is 13.2 Å². The van der Waals surface area contributed by atoms with Crippen molar-refractivity contribution in [3.63, 3.8) is 0 Å². The number of amides is 1. The molecule has 0 unspecified atom stereocenters. The molecule has 2 heterocycles. The first kappa shape index (κ1) is 14.5. The number of rotatable bonds is 5. The Hall–Kier alpha value is -2.40. The number of pyridine rings is 1. The minimum Gasteiger partial charge on any atom is -0.492 e. The minimum absolute atomic E-state index is 0.0791. The summed E-state index contributed by atoms with van der Waals surface area (Å²) in [6.07, 6.45) is 4.09. The molecule has 0 radical (unpaired) electrons. The van der Waals surface area contributed by atoms with Crippen molar-refractivity contribution in [2.24, 2.45) is 0 Å². The molecule has 1 aromatic carbocycles. The van der Waals surface area contributed by atoms with E-state index in [-0.39, 0.29) is 18.0 Å². The van der Waals surface area contributed by atoms with Crippen LogP contribution in [0.1, 0.15) is 16.8 Å². The molecule has 1 fully saturated rings. The zero-order valence-electron chi connectivity index (χ0n) is 12.2. The van der Waals surface area contributed by atoms with Gasteiger partial charge in [-0.3, -0.25) is 9.78 Å². The van der Waals surface area contributed by atoms with E-state index in [2.05, 4.69) is 15.6 Å². The molecule has 3 rings (SSSR count). The molecule has 0 aliphatic carbocycles. The van der Waals surface area contributed by atoms with Gasteiger partial charge in [-0.2, -0.15) is 0 Å². The van der Waals surface area contributed by atoms with Gasteiger partial charge >= 0.3 is 0 Å². The summed E-state index contributed by atoms with van der Waals surface area (Å²) in [5, 5.41) is 6.40. The molecule has 5 nitrogen and oxygen atoms in total. The summed E-state index contributed by atoms with van der Waals surface area (Å²) >= 11 is 0. The minimum atomic E-state index is -0.0791. The number of aromatic nitrogens is 1. The Morgan fingerprint density at radius 1 is 1.27 bits per heavy atom. The largest absolute Gasteiger partial charge is 0.492 e. The summed E-state index contributed by atoms with van der Waals surface area (Å²) in [5.74, 6) is 0.789. The molecule has 5 heteroatoms. The highest BCUT2D eigenvalue weighted by atomic mass is 16.5. The molecule has 0 spiro atoms. The maximum absolute atomic E-state index is 12.1. The van der Waals surface area contributed by atoms with E-state index in [0.717, 1.165) is 18.7 Å². The molecule has 1 amide bonds. The Morgan fingerprint density at radius 3 is 2.91 bits per heavy atom. The van der Waals surface area contributed by atoms with Crippen molar-refractivity contribution in [1.82, 2.24) is 15.6 Å². The number of hydrogen-bond acceptors (Lipinski definition) is 4. The van der Waals surface area contributed by atoms with Crippen LogP contribution in [0.4, 0.5) is 0 Å². The number of para-hydroxylation sites is 1. The lowest BCUT2D eigenvalue weighted by molar-refractivity contribution is 0.0939. The van der Waals surface area contributed by atoms with Gasteiger partial charge in [-0.15, -0.1) is 0 Å². The lowest BCUT2D eigenvalue weighted by atomic mass is 10.1. The molecule has 0 bridgehead atoms. The number of benzene rings is 1. The monoisotopic (exact) mass is 297 g/mol. The number of carbonyl (C=O) groups is 1. The average Bonchev–Trinajstić information content (AvgIpc) is 3.02. The summed E-state index contributed by atoms with van der Waals surface area (Å²) in [5.41, 5.74) is 0.589. The molecule has 2 aromatic rings. The first-order chi connectivity index (χ1) is 10.8. The van der Waals surface area contributed by atoms with E-state index >= 15 is 0 Å². The van der Waals surface area contributed by atoms with Crippen molar-refractivity contribution in [1.29, 1.82) is 0 Å². The molecule has 0 saturated carbocycles. The maximum Gasteiger partial charge on any atom is 0.253 e. The molecule has 1 saturated heterocycles. The van der Waals surface area contributed by atoms with Crippen LogP contribution in [0.5, 0.6) is 5.75 Å². The van der Waals surface area contributed by atoms with Gasteiger partial charge in [-0.25, -0.2) is 0 Å². The molecule has 2 atom stereocenters. The first-order valence-electron chi connectivity index (χ1n) is 7.43. The molecule has 2 N–H and O–H groups in total. The van der Waals surface area contributed by atoms with Crippen molar-refractivity contribution in [3.05, 3.63) is 60.4 Å². The third-order valence-electron chi connectivity index (χ3n) is 3.68.